The van der Waals surface area contributed by atoms with E-state index in [1.165, 1.54) is 18.1 Å². The van der Waals surface area contributed by atoms with Gasteiger partial charge in [0.05, 0.1) is 24.9 Å². The quantitative estimate of drug-likeness (QED) is 0.317. The molecule has 2 aromatic rings. The topological polar surface area (TPSA) is 97.0 Å². The number of methoxy groups -OCH3 is 1. The van der Waals surface area contributed by atoms with Gasteiger partial charge in [-0.3, -0.25) is 9.59 Å². The molecule has 0 aliphatic carbocycles. The van der Waals surface area contributed by atoms with E-state index in [2.05, 4.69) is 10.6 Å². The standard InChI is InChI=1S/C27H31F4N3O5S/c1-26(2,3)39-25(37)33-20-15-40-22-13-19(28)18(23(35)32-11-5-10-27(29,30)31)12-21(22)34(24(20)36)14-16-6-8-17(38-4)9-7-16/h6-9,12-13,20H,5,10-11,14-15H2,1-4H3,(H,32,35)(H,33,37)/t20-/m0/s1. The van der Waals surface area contributed by atoms with Crippen molar-refractivity contribution in [3.05, 3.63) is 53.3 Å². The maximum Gasteiger partial charge on any atom is 0.408 e. The summed E-state index contributed by atoms with van der Waals surface area (Å²) in [6.45, 7) is 4.75. The summed E-state index contributed by atoms with van der Waals surface area (Å²) >= 11 is 1.11. The van der Waals surface area contributed by atoms with Gasteiger partial charge < -0.3 is 25.0 Å². The summed E-state index contributed by atoms with van der Waals surface area (Å²) in [5.74, 6) is -1.66. The molecule has 0 spiro atoms. The predicted octanol–water partition coefficient (Wildman–Crippen LogP) is 5.44. The zero-order valence-electron chi connectivity index (χ0n) is 22.5. The Labute approximate surface area is 233 Å². The summed E-state index contributed by atoms with van der Waals surface area (Å²) in [4.78, 5) is 40.6. The number of alkyl carbamates (subject to hydrolysis) is 1. The van der Waals surface area contributed by atoms with Crippen LogP contribution in [0, 0.1) is 5.82 Å². The maximum absolute atomic E-state index is 15.0. The fraction of sp³-hybridized carbons (Fsp3) is 0.444. The molecule has 1 aliphatic heterocycles. The van der Waals surface area contributed by atoms with Gasteiger partial charge in [-0.05, 0) is 57.0 Å². The van der Waals surface area contributed by atoms with Gasteiger partial charge in [-0.1, -0.05) is 12.1 Å². The molecule has 1 aliphatic rings. The summed E-state index contributed by atoms with van der Waals surface area (Å²) in [6, 6.07) is 8.15. The first-order valence-corrected chi connectivity index (χ1v) is 13.4. The minimum absolute atomic E-state index is 0.0150. The molecule has 0 bridgehead atoms. The van der Waals surface area contributed by atoms with E-state index in [1.807, 2.05) is 0 Å². The molecule has 0 unspecified atom stereocenters. The molecular weight excluding hydrogens is 554 g/mol. The van der Waals surface area contributed by atoms with Gasteiger partial charge in [0.1, 0.15) is 23.2 Å². The molecule has 0 fully saturated rings. The van der Waals surface area contributed by atoms with Crippen molar-refractivity contribution < 1.29 is 41.4 Å². The Bertz CT molecular complexity index is 1230. The Kier molecular flexibility index (Phi) is 9.93. The predicted molar refractivity (Wildman–Crippen MR) is 142 cm³/mol. The SMILES string of the molecule is COc1ccc(CN2C(=O)[C@@H](NC(=O)OC(C)(C)C)CSc3cc(F)c(C(=O)NCCCC(F)(F)F)cc32)cc1. The first-order valence-electron chi connectivity index (χ1n) is 12.4. The number of anilines is 1. The number of hydrogen-bond donors (Lipinski definition) is 2. The van der Waals surface area contributed by atoms with E-state index < -0.39 is 53.5 Å². The molecule has 40 heavy (non-hydrogen) atoms. The van der Waals surface area contributed by atoms with Gasteiger partial charge in [-0.25, -0.2) is 9.18 Å². The van der Waals surface area contributed by atoms with Crippen LogP contribution in [0.15, 0.2) is 41.3 Å². The minimum Gasteiger partial charge on any atom is -0.497 e. The Morgan fingerprint density at radius 1 is 1.12 bits per heavy atom. The molecule has 218 valence electrons. The van der Waals surface area contributed by atoms with Crippen molar-refractivity contribution in [1.29, 1.82) is 0 Å². The molecule has 2 N–H and O–H groups in total. The zero-order valence-corrected chi connectivity index (χ0v) is 23.3. The van der Waals surface area contributed by atoms with Gasteiger partial charge >= 0.3 is 12.3 Å². The van der Waals surface area contributed by atoms with Crippen molar-refractivity contribution in [3.63, 3.8) is 0 Å². The van der Waals surface area contributed by atoms with Crippen molar-refractivity contribution in [2.24, 2.45) is 0 Å². The third-order valence-electron chi connectivity index (χ3n) is 5.67. The van der Waals surface area contributed by atoms with Gasteiger partial charge in [0.25, 0.3) is 11.8 Å². The minimum atomic E-state index is -4.37. The molecule has 1 atom stereocenters. The number of halogens is 4. The highest BCUT2D eigenvalue weighted by atomic mass is 32.2. The third kappa shape index (κ3) is 8.77. The summed E-state index contributed by atoms with van der Waals surface area (Å²) < 4.78 is 62.8. The second-order valence-electron chi connectivity index (χ2n) is 10.1. The summed E-state index contributed by atoms with van der Waals surface area (Å²) in [5.41, 5.74) is -0.313. The van der Waals surface area contributed by atoms with Gasteiger partial charge in [-0.2, -0.15) is 13.2 Å². The Morgan fingerprint density at radius 2 is 1.80 bits per heavy atom. The van der Waals surface area contributed by atoms with E-state index in [-0.39, 0.29) is 31.0 Å². The normalized spacial score (nSPS) is 15.7. The average Bonchev–Trinajstić information content (AvgIpc) is 2.97. The Balaban J connectivity index is 1.92. The van der Waals surface area contributed by atoms with Crippen LogP contribution < -0.4 is 20.3 Å². The number of nitrogens with zero attached hydrogens (tertiary/aromatic N) is 1. The second kappa shape index (κ2) is 12.8. The van der Waals surface area contributed by atoms with E-state index >= 15 is 4.39 Å². The molecule has 1 heterocycles. The number of thioether (sulfide) groups is 1. The largest absolute Gasteiger partial charge is 0.497 e. The highest BCUT2D eigenvalue weighted by molar-refractivity contribution is 7.99. The van der Waals surface area contributed by atoms with E-state index in [0.29, 0.717) is 16.2 Å². The molecule has 3 rings (SSSR count). The van der Waals surface area contributed by atoms with Crippen LogP contribution >= 0.6 is 11.8 Å². The van der Waals surface area contributed by atoms with Gasteiger partial charge in [0.2, 0.25) is 0 Å². The summed E-state index contributed by atoms with van der Waals surface area (Å²) in [7, 11) is 1.51. The average molecular weight is 586 g/mol. The Morgan fingerprint density at radius 3 is 2.40 bits per heavy atom. The van der Waals surface area contributed by atoms with Crippen LogP contribution in [0.2, 0.25) is 0 Å². The summed E-state index contributed by atoms with van der Waals surface area (Å²) in [6.07, 6.45) is -6.62. The Hall–Kier alpha value is -3.48. The van der Waals surface area contributed by atoms with Crippen LogP contribution in [-0.2, 0) is 16.1 Å². The monoisotopic (exact) mass is 585 g/mol. The summed E-state index contributed by atoms with van der Waals surface area (Å²) in [5, 5.41) is 4.88. The lowest BCUT2D eigenvalue weighted by molar-refractivity contribution is -0.135. The number of nitrogens with one attached hydrogen (secondary N) is 2. The van der Waals surface area contributed by atoms with Gasteiger partial charge in [0, 0.05) is 23.6 Å². The van der Waals surface area contributed by atoms with Crippen LogP contribution in [0.25, 0.3) is 0 Å². The number of benzene rings is 2. The molecule has 13 heteroatoms. The van der Waals surface area contributed by atoms with Crippen molar-refractivity contribution in [1.82, 2.24) is 10.6 Å². The number of rotatable bonds is 8. The molecule has 0 radical (unpaired) electrons. The highest BCUT2D eigenvalue weighted by Gasteiger charge is 2.34. The first-order chi connectivity index (χ1) is 18.7. The van der Waals surface area contributed by atoms with Crippen molar-refractivity contribution >= 4 is 35.4 Å². The second-order valence-corrected chi connectivity index (χ2v) is 11.1. The number of hydrogen-bond acceptors (Lipinski definition) is 6. The van der Waals surface area contributed by atoms with Crippen LogP contribution in [0.4, 0.5) is 28.0 Å². The van der Waals surface area contributed by atoms with Crippen LogP contribution in [0.5, 0.6) is 5.75 Å². The highest BCUT2D eigenvalue weighted by Crippen LogP contribution is 2.37. The maximum atomic E-state index is 15.0. The van der Waals surface area contributed by atoms with Gasteiger partial charge in [0.15, 0.2) is 0 Å². The number of fused-ring (bicyclic) bond motifs is 1. The molecular formula is C27H31F4N3O5S. The van der Waals surface area contributed by atoms with E-state index in [9.17, 15) is 27.6 Å². The molecule has 0 aromatic heterocycles. The van der Waals surface area contributed by atoms with E-state index in [4.69, 9.17) is 9.47 Å². The van der Waals surface area contributed by atoms with Crippen LogP contribution in [-0.4, -0.2) is 55.1 Å². The van der Waals surface area contributed by atoms with Crippen molar-refractivity contribution in [2.75, 3.05) is 24.3 Å². The first kappa shape index (κ1) is 31.1. The fourth-order valence-corrected chi connectivity index (χ4v) is 4.89. The van der Waals surface area contributed by atoms with Crippen molar-refractivity contribution in [2.45, 2.75) is 62.9 Å². The van der Waals surface area contributed by atoms with Gasteiger partial charge in [-0.15, -0.1) is 11.8 Å². The fourth-order valence-electron chi connectivity index (χ4n) is 3.81. The van der Waals surface area contributed by atoms with E-state index in [1.54, 1.807) is 45.0 Å². The molecule has 8 nitrogen and oxygen atoms in total. The molecule has 2 aromatic carbocycles. The number of alkyl halides is 3. The lowest BCUT2D eigenvalue weighted by Crippen LogP contribution is -2.50. The third-order valence-corrected chi connectivity index (χ3v) is 6.80. The number of amides is 3. The van der Waals surface area contributed by atoms with Crippen molar-refractivity contribution in [3.8, 4) is 5.75 Å². The van der Waals surface area contributed by atoms with Crippen LogP contribution in [0.1, 0.15) is 49.5 Å². The molecule has 0 saturated carbocycles. The smallest absolute Gasteiger partial charge is 0.408 e. The number of carbonyl (C=O) groups is 3. The number of ether oxygens (including phenoxy) is 2. The lowest BCUT2D eigenvalue weighted by Gasteiger charge is -2.27. The van der Waals surface area contributed by atoms with E-state index in [0.717, 1.165) is 17.8 Å². The zero-order chi connectivity index (χ0) is 29.7. The molecule has 0 saturated heterocycles. The van der Waals surface area contributed by atoms with Crippen LogP contribution in [0.3, 0.4) is 0 Å². The number of carbonyl (C=O) groups excluding carboxylic acids is 3. The molecule has 3 amide bonds. The lowest BCUT2D eigenvalue weighted by atomic mass is 10.1.